The van der Waals surface area contributed by atoms with E-state index in [1.807, 2.05) is 36.7 Å². The summed E-state index contributed by atoms with van der Waals surface area (Å²) in [4.78, 5) is 4.43. The highest BCUT2D eigenvalue weighted by molar-refractivity contribution is 5.77. The number of nitrogens with zero attached hydrogens (tertiary/aromatic N) is 2. The molecule has 0 fully saturated rings. The number of aryl methyl sites for hydroxylation is 1. The molecule has 4 nitrogen and oxygen atoms in total. The van der Waals surface area contributed by atoms with Crippen LogP contribution in [0.1, 0.15) is 12.7 Å². The second kappa shape index (κ2) is 3.90. The minimum atomic E-state index is 0.454. The van der Waals surface area contributed by atoms with Gasteiger partial charge in [0.05, 0.1) is 24.2 Å². The van der Waals surface area contributed by atoms with Gasteiger partial charge in [0.25, 0.3) is 0 Å². The number of hydrogen-bond donors (Lipinski definition) is 1. The molecule has 1 heterocycles. The summed E-state index contributed by atoms with van der Waals surface area (Å²) in [5, 5.41) is 0. The first-order chi connectivity index (χ1) is 7.26. The number of hydrogen-bond acceptors (Lipinski definition) is 3. The number of nitrogens with two attached hydrogens (primary N) is 1. The molecule has 0 aliphatic heterocycles. The zero-order valence-electron chi connectivity index (χ0n) is 9.03. The van der Waals surface area contributed by atoms with Crippen molar-refractivity contribution in [3.8, 4) is 5.75 Å². The third kappa shape index (κ3) is 1.68. The third-order valence-electron chi connectivity index (χ3n) is 2.44. The Hall–Kier alpha value is -1.55. The van der Waals surface area contributed by atoms with E-state index in [9.17, 15) is 0 Å². The minimum Gasteiger partial charge on any atom is -0.494 e. The molecule has 80 valence electrons. The van der Waals surface area contributed by atoms with Gasteiger partial charge >= 0.3 is 0 Å². The normalized spacial score (nSPS) is 10.9. The molecule has 0 saturated carbocycles. The Morgan fingerprint density at radius 2 is 2.27 bits per heavy atom. The largest absolute Gasteiger partial charge is 0.494 e. The van der Waals surface area contributed by atoms with Crippen molar-refractivity contribution in [2.75, 3.05) is 6.61 Å². The van der Waals surface area contributed by atoms with Gasteiger partial charge in [-0.3, -0.25) is 0 Å². The van der Waals surface area contributed by atoms with Gasteiger partial charge in [-0.2, -0.15) is 0 Å². The Morgan fingerprint density at radius 3 is 2.93 bits per heavy atom. The van der Waals surface area contributed by atoms with E-state index < -0.39 is 0 Å². The van der Waals surface area contributed by atoms with Crippen molar-refractivity contribution in [1.82, 2.24) is 9.55 Å². The van der Waals surface area contributed by atoms with Crippen LogP contribution in [0, 0.1) is 0 Å². The molecule has 0 amide bonds. The van der Waals surface area contributed by atoms with E-state index in [1.54, 1.807) is 0 Å². The van der Waals surface area contributed by atoms with Crippen LogP contribution in [-0.2, 0) is 13.6 Å². The van der Waals surface area contributed by atoms with Crippen molar-refractivity contribution >= 4 is 11.0 Å². The Morgan fingerprint density at radius 1 is 1.47 bits per heavy atom. The van der Waals surface area contributed by atoms with Crippen LogP contribution >= 0.6 is 0 Å². The molecule has 2 N–H and O–H groups in total. The summed E-state index contributed by atoms with van der Waals surface area (Å²) in [7, 11) is 1.97. The highest BCUT2D eigenvalue weighted by Crippen LogP contribution is 2.20. The van der Waals surface area contributed by atoms with Gasteiger partial charge in [-0.25, -0.2) is 4.98 Å². The van der Waals surface area contributed by atoms with Crippen LogP contribution < -0.4 is 10.5 Å². The standard InChI is InChI=1S/C11H15N3O/c1-3-15-8-4-5-10-9(6-8)13-11(7-12)14(10)2/h4-6H,3,7,12H2,1-2H3. The van der Waals surface area contributed by atoms with Crippen LogP contribution in [0.25, 0.3) is 11.0 Å². The average Bonchev–Trinajstić information content (AvgIpc) is 2.56. The smallest absolute Gasteiger partial charge is 0.123 e. The van der Waals surface area contributed by atoms with Crippen LogP contribution in [-0.4, -0.2) is 16.2 Å². The van der Waals surface area contributed by atoms with Gasteiger partial charge in [0.2, 0.25) is 0 Å². The molecular formula is C11H15N3O. The Labute approximate surface area is 88.7 Å². The van der Waals surface area contributed by atoms with E-state index in [-0.39, 0.29) is 0 Å². The molecule has 0 radical (unpaired) electrons. The molecule has 0 spiro atoms. The lowest BCUT2D eigenvalue weighted by molar-refractivity contribution is 0.340. The van der Waals surface area contributed by atoms with E-state index in [0.29, 0.717) is 13.2 Å². The number of imidazole rings is 1. The molecule has 0 atom stereocenters. The van der Waals surface area contributed by atoms with Gasteiger partial charge in [-0.1, -0.05) is 0 Å². The highest BCUT2D eigenvalue weighted by Gasteiger charge is 2.06. The van der Waals surface area contributed by atoms with Gasteiger partial charge in [0.15, 0.2) is 0 Å². The van der Waals surface area contributed by atoms with Crippen LogP contribution in [0.4, 0.5) is 0 Å². The summed E-state index contributed by atoms with van der Waals surface area (Å²) in [6.07, 6.45) is 0. The first-order valence-corrected chi connectivity index (χ1v) is 5.04. The fraction of sp³-hybridized carbons (Fsp3) is 0.364. The van der Waals surface area contributed by atoms with Gasteiger partial charge in [-0.05, 0) is 19.1 Å². The predicted octanol–water partition coefficient (Wildman–Crippen LogP) is 1.43. The lowest BCUT2D eigenvalue weighted by atomic mass is 10.3. The van der Waals surface area contributed by atoms with Crippen molar-refractivity contribution in [3.63, 3.8) is 0 Å². The van der Waals surface area contributed by atoms with Crippen LogP contribution in [0.15, 0.2) is 18.2 Å². The lowest BCUT2D eigenvalue weighted by Gasteiger charge is -2.02. The minimum absolute atomic E-state index is 0.454. The number of aromatic nitrogens is 2. The van der Waals surface area contributed by atoms with Crippen LogP contribution in [0.5, 0.6) is 5.75 Å². The van der Waals surface area contributed by atoms with Gasteiger partial charge < -0.3 is 15.0 Å². The molecule has 0 aliphatic rings. The van der Waals surface area contributed by atoms with Crippen molar-refractivity contribution in [3.05, 3.63) is 24.0 Å². The van der Waals surface area contributed by atoms with Crippen molar-refractivity contribution < 1.29 is 4.74 Å². The first kappa shape index (κ1) is 9.98. The molecule has 2 rings (SSSR count). The molecule has 0 bridgehead atoms. The third-order valence-corrected chi connectivity index (χ3v) is 2.44. The Kier molecular flexibility index (Phi) is 2.60. The molecule has 0 aliphatic carbocycles. The molecule has 0 saturated heterocycles. The highest BCUT2D eigenvalue weighted by atomic mass is 16.5. The summed E-state index contributed by atoms with van der Waals surface area (Å²) in [5.74, 6) is 1.74. The molecule has 4 heteroatoms. The molecular weight excluding hydrogens is 190 g/mol. The maximum atomic E-state index is 5.60. The number of benzene rings is 1. The predicted molar refractivity (Wildman–Crippen MR) is 59.8 cm³/mol. The average molecular weight is 205 g/mol. The monoisotopic (exact) mass is 205 g/mol. The van der Waals surface area contributed by atoms with E-state index in [2.05, 4.69) is 4.98 Å². The van der Waals surface area contributed by atoms with Gasteiger partial charge in [0.1, 0.15) is 11.6 Å². The van der Waals surface area contributed by atoms with Crippen molar-refractivity contribution in [2.24, 2.45) is 12.8 Å². The number of fused-ring (bicyclic) bond motifs is 1. The first-order valence-electron chi connectivity index (χ1n) is 5.04. The Bertz CT molecular complexity index is 476. The number of rotatable bonds is 3. The lowest BCUT2D eigenvalue weighted by Crippen LogP contribution is -2.04. The molecule has 0 unspecified atom stereocenters. The summed E-state index contributed by atoms with van der Waals surface area (Å²) < 4.78 is 7.42. The second-order valence-corrected chi connectivity index (χ2v) is 3.37. The van der Waals surface area contributed by atoms with Gasteiger partial charge in [0, 0.05) is 13.1 Å². The second-order valence-electron chi connectivity index (χ2n) is 3.37. The number of ether oxygens (including phenoxy) is 1. The van der Waals surface area contributed by atoms with E-state index in [1.165, 1.54) is 0 Å². The van der Waals surface area contributed by atoms with Crippen LogP contribution in [0.2, 0.25) is 0 Å². The summed E-state index contributed by atoms with van der Waals surface area (Å²) >= 11 is 0. The van der Waals surface area contributed by atoms with E-state index >= 15 is 0 Å². The van der Waals surface area contributed by atoms with Crippen molar-refractivity contribution in [1.29, 1.82) is 0 Å². The van der Waals surface area contributed by atoms with Gasteiger partial charge in [-0.15, -0.1) is 0 Å². The maximum Gasteiger partial charge on any atom is 0.123 e. The molecule has 2 aromatic rings. The maximum absolute atomic E-state index is 5.60. The topological polar surface area (TPSA) is 53.1 Å². The fourth-order valence-corrected chi connectivity index (χ4v) is 1.67. The van der Waals surface area contributed by atoms with Crippen LogP contribution in [0.3, 0.4) is 0 Å². The molecule has 1 aromatic carbocycles. The fourth-order valence-electron chi connectivity index (χ4n) is 1.67. The summed E-state index contributed by atoms with van der Waals surface area (Å²) in [6.45, 7) is 3.09. The van der Waals surface area contributed by atoms with Crippen molar-refractivity contribution in [2.45, 2.75) is 13.5 Å². The Balaban J connectivity index is 2.53. The molecule has 15 heavy (non-hydrogen) atoms. The summed E-state index contributed by atoms with van der Waals surface area (Å²) in [6, 6.07) is 5.90. The van der Waals surface area contributed by atoms with E-state index in [4.69, 9.17) is 10.5 Å². The zero-order chi connectivity index (χ0) is 10.8. The zero-order valence-corrected chi connectivity index (χ0v) is 9.03. The molecule has 1 aromatic heterocycles. The SMILES string of the molecule is CCOc1ccc2c(c1)nc(CN)n2C. The summed E-state index contributed by atoms with van der Waals surface area (Å²) in [5.41, 5.74) is 7.61. The van der Waals surface area contributed by atoms with E-state index in [0.717, 1.165) is 22.6 Å². The quantitative estimate of drug-likeness (QED) is 0.824.